The highest BCUT2D eigenvalue weighted by molar-refractivity contribution is 5.96. The van der Waals surface area contributed by atoms with E-state index in [1.165, 1.54) is 12.1 Å². The molecule has 0 radical (unpaired) electrons. The summed E-state index contributed by atoms with van der Waals surface area (Å²) in [4.78, 5) is 14.5. The van der Waals surface area contributed by atoms with Crippen molar-refractivity contribution in [2.24, 2.45) is 5.41 Å². The minimum Gasteiger partial charge on any atom is -0.507 e. The lowest BCUT2D eigenvalue weighted by Crippen LogP contribution is -2.49. The molecule has 4 nitrogen and oxygen atoms in total. The molecule has 0 unspecified atom stereocenters. The first-order chi connectivity index (χ1) is 10.6. The van der Waals surface area contributed by atoms with Crippen molar-refractivity contribution in [2.45, 2.75) is 38.2 Å². The predicted octanol–water partition coefficient (Wildman–Crippen LogP) is 2.95. The van der Waals surface area contributed by atoms with E-state index in [9.17, 15) is 14.3 Å². The average molecular weight is 307 g/mol. The van der Waals surface area contributed by atoms with Crippen LogP contribution >= 0.6 is 0 Å². The molecule has 1 aliphatic heterocycles. The number of amides is 1. The highest BCUT2D eigenvalue weighted by atomic mass is 19.1. The lowest BCUT2D eigenvalue weighted by molar-refractivity contribution is -0.0295. The van der Waals surface area contributed by atoms with Gasteiger partial charge in [0.15, 0.2) is 0 Å². The standard InChI is InChI=1S/C17H22FNO3/c1-22-15-4-2-7-17(15)8-3-9-19(11-17)16(21)13-6-5-12(18)10-14(13)20/h5-6,10,15,20H,2-4,7-9,11H2,1H3/t15-,17-/m1/s1. The van der Waals surface area contributed by atoms with Crippen LogP contribution in [0.2, 0.25) is 0 Å². The van der Waals surface area contributed by atoms with Crippen molar-refractivity contribution in [1.29, 1.82) is 0 Å². The minimum atomic E-state index is -0.542. The Balaban J connectivity index is 1.81. The molecule has 22 heavy (non-hydrogen) atoms. The number of piperidine rings is 1. The van der Waals surface area contributed by atoms with Gasteiger partial charge in [-0.15, -0.1) is 0 Å². The summed E-state index contributed by atoms with van der Waals surface area (Å²) in [5.41, 5.74) is 0.212. The van der Waals surface area contributed by atoms with Crippen LogP contribution in [0.25, 0.3) is 0 Å². The summed E-state index contributed by atoms with van der Waals surface area (Å²) in [5, 5.41) is 9.84. The van der Waals surface area contributed by atoms with Crippen LogP contribution in [0.4, 0.5) is 4.39 Å². The van der Waals surface area contributed by atoms with Crippen LogP contribution < -0.4 is 0 Å². The van der Waals surface area contributed by atoms with Crippen molar-refractivity contribution in [2.75, 3.05) is 20.2 Å². The SMILES string of the molecule is CO[C@@H]1CCC[C@]12CCCN(C(=O)c1ccc(F)cc1O)C2. The first kappa shape index (κ1) is 15.3. The van der Waals surface area contributed by atoms with Crippen molar-refractivity contribution in [3.63, 3.8) is 0 Å². The van der Waals surface area contributed by atoms with Gasteiger partial charge >= 0.3 is 0 Å². The number of aromatic hydroxyl groups is 1. The van der Waals surface area contributed by atoms with Crippen LogP contribution in [-0.2, 0) is 4.74 Å². The highest BCUT2D eigenvalue weighted by Gasteiger charge is 2.46. The number of nitrogens with zero attached hydrogens (tertiary/aromatic N) is 1. The van der Waals surface area contributed by atoms with E-state index in [1.54, 1.807) is 12.0 Å². The van der Waals surface area contributed by atoms with Crippen molar-refractivity contribution >= 4 is 5.91 Å². The summed E-state index contributed by atoms with van der Waals surface area (Å²) in [5.74, 6) is -1.06. The molecule has 1 saturated heterocycles. The molecule has 0 bridgehead atoms. The van der Waals surface area contributed by atoms with E-state index in [-0.39, 0.29) is 28.7 Å². The highest BCUT2D eigenvalue weighted by Crippen LogP contribution is 2.46. The third-order valence-corrected chi connectivity index (χ3v) is 5.19. The third-order valence-electron chi connectivity index (χ3n) is 5.19. The number of likely N-dealkylation sites (tertiary alicyclic amines) is 1. The maximum absolute atomic E-state index is 13.1. The Hall–Kier alpha value is -1.62. The smallest absolute Gasteiger partial charge is 0.257 e. The molecule has 120 valence electrons. The van der Waals surface area contributed by atoms with Crippen molar-refractivity contribution in [3.8, 4) is 5.75 Å². The van der Waals surface area contributed by atoms with Gasteiger partial charge in [-0.3, -0.25) is 4.79 Å². The van der Waals surface area contributed by atoms with Crippen molar-refractivity contribution in [1.82, 2.24) is 4.90 Å². The zero-order valence-corrected chi connectivity index (χ0v) is 12.8. The van der Waals surface area contributed by atoms with Crippen LogP contribution in [-0.4, -0.2) is 42.2 Å². The van der Waals surface area contributed by atoms with Gasteiger partial charge in [0.1, 0.15) is 11.6 Å². The Morgan fingerprint density at radius 1 is 1.41 bits per heavy atom. The third kappa shape index (κ3) is 2.58. The van der Waals surface area contributed by atoms with Gasteiger partial charge in [0, 0.05) is 31.7 Å². The molecule has 1 aromatic rings. The fourth-order valence-electron chi connectivity index (χ4n) is 4.13. The number of hydrogen-bond donors (Lipinski definition) is 1. The Morgan fingerprint density at radius 2 is 2.18 bits per heavy atom. The molecule has 5 heteroatoms. The normalized spacial score (nSPS) is 28.3. The minimum absolute atomic E-state index is 0.0400. The largest absolute Gasteiger partial charge is 0.507 e. The Bertz CT molecular complexity index is 577. The monoisotopic (exact) mass is 307 g/mol. The van der Waals surface area contributed by atoms with Gasteiger partial charge in [-0.05, 0) is 37.8 Å². The van der Waals surface area contributed by atoms with E-state index in [1.807, 2.05) is 0 Å². The number of carbonyl (C=O) groups excluding carboxylic acids is 1. The molecule has 2 atom stereocenters. The maximum atomic E-state index is 13.1. The molecule has 1 saturated carbocycles. The average Bonchev–Trinajstić information content (AvgIpc) is 2.88. The second-order valence-electron chi connectivity index (χ2n) is 6.47. The number of phenolic OH excluding ortho intramolecular Hbond substituents is 1. The topological polar surface area (TPSA) is 49.8 Å². The summed E-state index contributed by atoms with van der Waals surface area (Å²) in [6.07, 6.45) is 5.45. The summed E-state index contributed by atoms with van der Waals surface area (Å²) in [6, 6.07) is 3.55. The lowest BCUT2D eigenvalue weighted by Gasteiger charge is -2.43. The van der Waals surface area contributed by atoms with E-state index in [0.717, 1.165) is 38.2 Å². The van der Waals surface area contributed by atoms with Crippen LogP contribution in [0.15, 0.2) is 18.2 Å². The fraction of sp³-hybridized carbons (Fsp3) is 0.588. The van der Waals surface area contributed by atoms with Crippen LogP contribution in [0.3, 0.4) is 0 Å². The molecular weight excluding hydrogens is 285 g/mol. The Morgan fingerprint density at radius 3 is 2.91 bits per heavy atom. The zero-order chi connectivity index (χ0) is 15.7. The molecule has 1 spiro atoms. The van der Waals surface area contributed by atoms with Gasteiger partial charge in [0.05, 0.1) is 11.7 Å². The van der Waals surface area contributed by atoms with E-state index >= 15 is 0 Å². The van der Waals surface area contributed by atoms with Gasteiger partial charge in [0.2, 0.25) is 0 Å². The summed E-state index contributed by atoms with van der Waals surface area (Å²) in [7, 11) is 1.74. The number of phenols is 1. The van der Waals surface area contributed by atoms with Gasteiger partial charge in [-0.2, -0.15) is 0 Å². The quantitative estimate of drug-likeness (QED) is 0.914. The first-order valence-electron chi connectivity index (χ1n) is 7.86. The summed E-state index contributed by atoms with van der Waals surface area (Å²) < 4.78 is 18.7. The first-order valence-corrected chi connectivity index (χ1v) is 7.86. The van der Waals surface area contributed by atoms with E-state index in [4.69, 9.17) is 4.74 Å². The molecule has 1 N–H and O–H groups in total. The summed E-state index contributed by atoms with van der Waals surface area (Å²) >= 11 is 0. The number of benzene rings is 1. The van der Waals surface area contributed by atoms with E-state index < -0.39 is 5.82 Å². The fourth-order valence-corrected chi connectivity index (χ4v) is 4.13. The number of hydrogen-bond acceptors (Lipinski definition) is 3. The van der Waals surface area contributed by atoms with Gasteiger partial charge < -0.3 is 14.7 Å². The molecule has 0 aromatic heterocycles. The maximum Gasteiger partial charge on any atom is 0.257 e. The number of carbonyl (C=O) groups is 1. The van der Waals surface area contributed by atoms with Crippen LogP contribution in [0, 0.1) is 11.2 Å². The molecule has 2 fully saturated rings. The van der Waals surface area contributed by atoms with Crippen molar-refractivity contribution in [3.05, 3.63) is 29.6 Å². The van der Waals surface area contributed by atoms with Crippen molar-refractivity contribution < 1.29 is 19.0 Å². The van der Waals surface area contributed by atoms with Gasteiger partial charge in [-0.1, -0.05) is 6.42 Å². The zero-order valence-electron chi connectivity index (χ0n) is 12.8. The van der Waals surface area contributed by atoms with E-state index in [2.05, 4.69) is 0 Å². The molecule has 2 aliphatic rings. The van der Waals surface area contributed by atoms with Gasteiger partial charge in [0.25, 0.3) is 5.91 Å². The number of halogens is 1. The van der Waals surface area contributed by atoms with Crippen LogP contribution in [0.5, 0.6) is 5.75 Å². The Labute approximate surface area is 129 Å². The Kier molecular flexibility index (Phi) is 4.08. The second kappa shape index (κ2) is 5.88. The predicted molar refractivity (Wildman–Crippen MR) is 80.3 cm³/mol. The second-order valence-corrected chi connectivity index (χ2v) is 6.47. The molecule has 1 aliphatic carbocycles. The molecule has 1 amide bonds. The number of methoxy groups -OCH3 is 1. The summed E-state index contributed by atoms with van der Waals surface area (Å²) in [6.45, 7) is 1.33. The molecule has 3 rings (SSSR count). The van der Waals surface area contributed by atoms with E-state index in [0.29, 0.717) is 13.1 Å². The number of ether oxygens (including phenoxy) is 1. The number of rotatable bonds is 2. The lowest BCUT2D eigenvalue weighted by atomic mass is 9.76. The molecule has 1 aromatic carbocycles. The van der Waals surface area contributed by atoms with Crippen LogP contribution in [0.1, 0.15) is 42.5 Å². The van der Waals surface area contributed by atoms with Gasteiger partial charge in [-0.25, -0.2) is 4.39 Å². The molecular formula is C17H22FNO3. The molecule has 1 heterocycles.